The lowest BCUT2D eigenvalue weighted by Crippen LogP contribution is -2.36. The van der Waals surface area contributed by atoms with Gasteiger partial charge in [0.25, 0.3) is 0 Å². The summed E-state index contributed by atoms with van der Waals surface area (Å²) in [6.45, 7) is 3.63. The summed E-state index contributed by atoms with van der Waals surface area (Å²) in [4.78, 5) is 2.32. The molecule has 3 heteroatoms. The molecule has 0 saturated carbocycles. The topological polar surface area (TPSA) is 35.5 Å². The average Bonchev–Trinajstić information content (AvgIpc) is 2.15. The lowest BCUT2D eigenvalue weighted by Gasteiger charge is -2.19. The summed E-state index contributed by atoms with van der Waals surface area (Å²) in [5, 5.41) is 12.1. The first-order valence-corrected chi connectivity index (χ1v) is 4.35. The van der Waals surface area contributed by atoms with Crippen molar-refractivity contribution in [2.75, 3.05) is 33.3 Å². The Kier molecular flexibility index (Phi) is 3.83. The first-order valence-electron chi connectivity index (χ1n) is 4.35. The second-order valence-electron chi connectivity index (χ2n) is 3.28. The van der Waals surface area contributed by atoms with Crippen LogP contribution in [0.15, 0.2) is 0 Å². The molecular formula is C8H18N2O. The summed E-state index contributed by atoms with van der Waals surface area (Å²) >= 11 is 0. The molecule has 1 rings (SSSR count). The number of likely N-dealkylation sites (N-methyl/N-ethyl adjacent to an activating group) is 1. The summed E-state index contributed by atoms with van der Waals surface area (Å²) in [6, 6.07) is 0.493. The van der Waals surface area contributed by atoms with Gasteiger partial charge in [-0.2, -0.15) is 0 Å². The van der Waals surface area contributed by atoms with Gasteiger partial charge in [0, 0.05) is 19.2 Å². The number of rotatable bonds is 2. The second kappa shape index (κ2) is 4.70. The molecule has 1 saturated heterocycles. The van der Waals surface area contributed by atoms with Crippen LogP contribution in [0.1, 0.15) is 12.8 Å². The normalized spacial score (nSPS) is 28.4. The van der Waals surface area contributed by atoms with E-state index in [9.17, 15) is 0 Å². The largest absolute Gasteiger partial charge is 0.396 e. The van der Waals surface area contributed by atoms with Crippen LogP contribution < -0.4 is 5.32 Å². The van der Waals surface area contributed by atoms with E-state index < -0.39 is 0 Å². The van der Waals surface area contributed by atoms with Crippen LogP contribution in [0.2, 0.25) is 0 Å². The standard InChI is InChI=1S/C8H18N2O/c1-10-5-2-4-9-8(7-10)3-6-11/h8-9,11H,2-7H2,1H3. The second-order valence-corrected chi connectivity index (χ2v) is 3.28. The molecule has 0 radical (unpaired) electrons. The first-order chi connectivity index (χ1) is 5.33. The summed E-state index contributed by atoms with van der Waals surface area (Å²) in [5.41, 5.74) is 0. The Morgan fingerprint density at radius 3 is 3.18 bits per heavy atom. The van der Waals surface area contributed by atoms with Crippen molar-refractivity contribution < 1.29 is 5.11 Å². The van der Waals surface area contributed by atoms with E-state index in [1.165, 1.54) is 13.0 Å². The minimum Gasteiger partial charge on any atom is -0.396 e. The van der Waals surface area contributed by atoms with Crippen molar-refractivity contribution in [3.05, 3.63) is 0 Å². The summed E-state index contributed by atoms with van der Waals surface area (Å²) in [6.07, 6.45) is 2.10. The Balaban J connectivity index is 2.27. The van der Waals surface area contributed by atoms with E-state index in [-0.39, 0.29) is 0 Å². The lowest BCUT2D eigenvalue weighted by atomic mass is 10.2. The van der Waals surface area contributed by atoms with Gasteiger partial charge in [0.15, 0.2) is 0 Å². The third-order valence-corrected chi connectivity index (χ3v) is 2.16. The van der Waals surface area contributed by atoms with Gasteiger partial charge in [0.05, 0.1) is 0 Å². The molecule has 0 aromatic rings. The number of nitrogens with zero attached hydrogens (tertiary/aromatic N) is 1. The molecule has 0 aliphatic carbocycles. The molecule has 0 aromatic heterocycles. The maximum atomic E-state index is 8.74. The number of hydrogen-bond donors (Lipinski definition) is 2. The van der Waals surface area contributed by atoms with Crippen LogP contribution in [0, 0.1) is 0 Å². The van der Waals surface area contributed by atoms with Gasteiger partial charge in [-0.3, -0.25) is 0 Å². The molecule has 0 spiro atoms. The van der Waals surface area contributed by atoms with E-state index >= 15 is 0 Å². The van der Waals surface area contributed by atoms with Crippen LogP contribution in [-0.4, -0.2) is 49.3 Å². The predicted molar refractivity (Wildman–Crippen MR) is 45.6 cm³/mol. The van der Waals surface area contributed by atoms with Crippen molar-refractivity contribution in [2.24, 2.45) is 0 Å². The average molecular weight is 158 g/mol. The zero-order chi connectivity index (χ0) is 8.10. The van der Waals surface area contributed by atoms with Crippen molar-refractivity contribution in [3.63, 3.8) is 0 Å². The molecule has 1 aliphatic rings. The highest BCUT2D eigenvalue weighted by atomic mass is 16.3. The fourth-order valence-electron chi connectivity index (χ4n) is 1.54. The fraction of sp³-hybridized carbons (Fsp3) is 1.00. The van der Waals surface area contributed by atoms with Crippen LogP contribution in [0.5, 0.6) is 0 Å². The smallest absolute Gasteiger partial charge is 0.0446 e. The van der Waals surface area contributed by atoms with E-state index in [1.807, 2.05) is 0 Å². The van der Waals surface area contributed by atoms with E-state index in [4.69, 9.17) is 5.11 Å². The third kappa shape index (κ3) is 3.18. The fourth-order valence-corrected chi connectivity index (χ4v) is 1.54. The van der Waals surface area contributed by atoms with Gasteiger partial charge < -0.3 is 15.3 Å². The molecule has 1 unspecified atom stereocenters. The molecule has 0 amide bonds. The molecule has 1 aliphatic heterocycles. The minimum atomic E-state index is 0.297. The molecule has 3 nitrogen and oxygen atoms in total. The summed E-state index contributed by atoms with van der Waals surface area (Å²) in [5.74, 6) is 0. The van der Waals surface area contributed by atoms with Gasteiger partial charge in [0.2, 0.25) is 0 Å². The number of hydrogen-bond acceptors (Lipinski definition) is 3. The van der Waals surface area contributed by atoms with Gasteiger partial charge in [-0.05, 0) is 33.0 Å². The molecule has 0 bridgehead atoms. The Morgan fingerprint density at radius 2 is 2.45 bits per heavy atom. The Morgan fingerprint density at radius 1 is 1.64 bits per heavy atom. The molecule has 1 fully saturated rings. The Labute approximate surface area is 68.4 Å². The van der Waals surface area contributed by atoms with Gasteiger partial charge >= 0.3 is 0 Å². The van der Waals surface area contributed by atoms with Crippen LogP contribution in [0.4, 0.5) is 0 Å². The number of nitrogens with one attached hydrogen (secondary N) is 1. The highest BCUT2D eigenvalue weighted by Crippen LogP contribution is 2.00. The van der Waals surface area contributed by atoms with E-state index in [0.717, 1.165) is 19.5 Å². The molecule has 1 atom stereocenters. The molecule has 0 aromatic carbocycles. The van der Waals surface area contributed by atoms with E-state index in [1.54, 1.807) is 0 Å². The highest BCUT2D eigenvalue weighted by Gasteiger charge is 2.13. The van der Waals surface area contributed by atoms with Crippen molar-refractivity contribution in [2.45, 2.75) is 18.9 Å². The zero-order valence-electron chi connectivity index (χ0n) is 7.21. The van der Waals surface area contributed by atoms with Gasteiger partial charge in [0.1, 0.15) is 0 Å². The molecule has 66 valence electrons. The van der Waals surface area contributed by atoms with Crippen molar-refractivity contribution in [3.8, 4) is 0 Å². The van der Waals surface area contributed by atoms with Crippen LogP contribution >= 0.6 is 0 Å². The van der Waals surface area contributed by atoms with E-state index in [2.05, 4.69) is 17.3 Å². The van der Waals surface area contributed by atoms with Gasteiger partial charge in [-0.25, -0.2) is 0 Å². The minimum absolute atomic E-state index is 0.297. The molecular weight excluding hydrogens is 140 g/mol. The number of aliphatic hydroxyl groups is 1. The van der Waals surface area contributed by atoms with Crippen LogP contribution in [-0.2, 0) is 0 Å². The maximum Gasteiger partial charge on any atom is 0.0446 e. The molecule has 1 heterocycles. The van der Waals surface area contributed by atoms with Crippen molar-refractivity contribution >= 4 is 0 Å². The van der Waals surface area contributed by atoms with Crippen LogP contribution in [0.25, 0.3) is 0 Å². The zero-order valence-corrected chi connectivity index (χ0v) is 7.21. The van der Waals surface area contributed by atoms with Crippen LogP contribution in [0.3, 0.4) is 0 Å². The lowest BCUT2D eigenvalue weighted by molar-refractivity contribution is 0.245. The molecule has 11 heavy (non-hydrogen) atoms. The van der Waals surface area contributed by atoms with Gasteiger partial charge in [-0.1, -0.05) is 0 Å². The first kappa shape index (κ1) is 8.97. The number of aliphatic hydroxyl groups excluding tert-OH is 1. The van der Waals surface area contributed by atoms with E-state index in [0.29, 0.717) is 12.6 Å². The summed E-state index contributed by atoms with van der Waals surface area (Å²) in [7, 11) is 2.14. The van der Waals surface area contributed by atoms with Crippen molar-refractivity contribution in [1.29, 1.82) is 0 Å². The molecule has 2 N–H and O–H groups in total. The van der Waals surface area contributed by atoms with Crippen molar-refractivity contribution in [1.82, 2.24) is 10.2 Å². The summed E-state index contributed by atoms with van der Waals surface area (Å²) < 4.78 is 0. The monoisotopic (exact) mass is 158 g/mol. The SMILES string of the molecule is CN1CCCNC(CCO)C1. The van der Waals surface area contributed by atoms with Gasteiger partial charge in [-0.15, -0.1) is 0 Å². The highest BCUT2D eigenvalue weighted by molar-refractivity contribution is 4.73. The maximum absolute atomic E-state index is 8.74. The Bertz CT molecular complexity index is 108. The Hall–Kier alpha value is -0.120. The quantitative estimate of drug-likeness (QED) is 0.577. The predicted octanol–water partition coefficient (Wildman–Crippen LogP) is -0.337. The third-order valence-electron chi connectivity index (χ3n) is 2.16.